The molecule has 3 heteroatoms. The Hall–Kier alpha value is -0.830. The van der Waals surface area contributed by atoms with E-state index in [-0.39, 0.29) is 0 Å². The molecule has 1 N–H and O–H groups in total. The van der Waals surface area contributed by atoms with Crippen LogP contribution in [0.2, 0.25) is 0 Å². The molecule has 2 unspecified atom stereocenters. The molecule has 0 spiro atoms. The van der Waals surface area contributed by atoms with Crippen LogP contribution in [0.1, 0.15) is 19.3 Å². The molecule has 0 aromatic rings. The van der Waals surface area contributed by atoms with Gasteiger partial charge in [0.1, 0.15) is 0 Å². The molecule has 0 radical (unpaired) electrons. The molecule has 16 heavy (non-hydrogen) atoms. The summed E-state index contributed by atoms with van der Waals surface area (Å²) in [5.41, 5.74) is 0. The van der Waals surface area contributed by atoms with Gasteiger partial charge in [-0.1, -0.05) is 12.2 Å². The van der Waals surface area contributed by atoms with Gasteiger partial charge >= 0.3 is 0 Å². The van der Waals surface area contributed by atoms with Gasteiger partial charge in [-0.05, 0) is 44.2 Å². The Morgan fingerprint density at radius 3 is 2.56 bits per heavy atom. The summed E-state index contributed by atoms with van der Waals surface area (Å²) >= 11 is 0. The van der Waals surface area contributed by atoms with Crippen LogP contribution in [0, 0.1) is 17.8 Å². The Kier molecular flexibility index (Phi) is 2.72. The third-order valence-corrected chi connectivity index (χ3v) is 4.37. The minimum absolute atomic E-state index is 0.323. The Bertz CT molecular complexity index is 301. The van der Waals surface area contributed by atoms with E-state index in [1.165, 1.54) is 0 Å². The molecule has 1 aliphatic carbocycles. The van der Waals surface area contributed by atoms with E-state index in [1.54, 1.807) is 0 Å². The highest BCUT2D eigenvalue weighted by Crippen LogP contribution is 2.39. The summed E-state index contributed by atoms with van der Waals surface area (Å²) in [6, 6.07) is 0. The van der Waals surface area contributed by atoms with Crippen LogP contribution >= 0.6 is 0 Å². The van der Waals surface area contributed by atoms with Crippen molar-refractivity contribution in [3.63, 3.8) is 0 Å². The topological polar surface area (TPSA) is 32.3 Å². The molecule has 2 heterocycles. The third-order valence-electron chi connectivity index (χ3n) is 4.37. The number of nitrogens with one attached hydrogen (secondary N) is 1. The molecule has 1 saturated carbocycles. The van der Waals surface area contributed by atoms with E-state index >= 15 is 0 Å². The normalized spacial score (nSPS) is 37.8. The zero-order chi connectivity index (χ0) is 11.0. The zero-order valence-corrected chi connectivity index (χ0v) is 9.69. The first-order chi connectivity index (χ1) is 7.84. The molecule has 3 nitrogen and oxygen atoms in total. The molecule has 0 aromatic heterocycles. The van der Waals surface area contributed by atoms with Crippen LogP contribution in [-0.2, 0) is 4.79 Å². The second kappa shape index (κ2) is 4.21. The summed E-state index contributed by atoms with van der Waals surface area (Å²) in [7, 11) is 0. The molecular formula is C13H20N2O. The van der Waals surface area contributed by atoms with E-state index in [4.69, 9.17) is 0 Å². The quantitative estimate of drug-likeness (QED) is 0.669. The van der Waals surface area contributed by atoms with E-state index < -0.39 is 0 Å². The van der Waals surface area contributed by atoms with Gasteiger partial charge in [0.2, 0.25) is 5.91 Å². The van der Waals surface area contributed by atoms with Crippen molar-refractivity contribution in [3.05, 3.63) is 12.2 Å². The van der Waals surface area contributed by atoms with Crippen molar-refractivity contribution in [2.45, 2.75) is 19.3 Å². The van der Waals surface area contributed by atoms with Crippen LogP contribution in [-0.4, -0.2) is 37.0 Å². The molecule has 2 atom stereocenters. The van der Waals surface area contributed by atoms with Crippen molar-refractivity contribution in [3.8, 4) is 0 Å². The largest absolute Gasteiger partial charge is 0.338 e. The van der Waals surface area contributed by atoms with E-state index in [9.17, 15) is 4.79 Å². The lowest BCUT2D eigenvalue weighted by Crippen LogP contribution is -2.38. The summed E-state index contributed by atoms with van der Waals surface area (Å²) < 4.78 is 0. The Labute approximate surface area is 96.9 Å². The maximum atomic E-state index is 12.3. The average Bonchev–Trinajstić information content (AvgIpc) is 2.89. The number of amides is 1. The second-order valence-electron chi connectivity index (χ2n) is 5.39. The van der Waals surface area contributed by atoms with Crippen molar-refractivity contribution in [1.82, 2.24) is 10.2 Å². The first kappa shape index (κ1) is 10.3. The van der Waals surface area contributed by atoms with Crippen LogP contribution in [0.15, 0.2) is 12.2 Å². The second-order valence-corrected chi connectivity index (χ2v) is 5.39. The third kappa shape index (κ3) is 1.77. The van der Waals surface area contributed by atoms with Gasteiger partial charge in [-0.15, -0.1) is 0 Å². The van der Waals surface area contributed by atoms with Gasteiger partial charge in [-0.2, -0.15) is 0 Å². The Morgan fingerprint density at radius 1 is 1.19 bits per heavy atom. The van der Waals surface area contributed by atoms with Gasteiger partial charge in [-0.25, -0.2) is 0 Å². The lowest BCUT2D eigenvalue weighted by atomic mass is 10.0. The summed E-state index contributed by atoms with van der Waals surface area (Å²) in [6.45, 7) is 4.03. The van der Waals surface area contributed by atoms with Crippen LogP contribution in [0.25, 0.3) is 0 Å². The number of carbonyl (C=O) groups is 1. The van der Waals surface area contributed by atoms with Gasteiger partial charge < -0.3 is 10.2 Å². The van der Waals surface area contributed by atoms with Crippen LogP contribution in [0.3, 0.4) is 0 Å². The van der Waals surface area contributed by atoms with E-state index in [0.29, 0.717) is 11.8 Å². The first-order valence-electron chi connectivity index (χ1n) is 6.49. The predicted octanol–water partition coefficient (Wildman–Crippen LogP) is 1.02. The van der Waals surface area contributed by atoms with Crippen LogP contribution in [0.4, 0.5) is 0 Å². The fraction of sp³-hybridized carbons (Fsp3) is 0.769. The molecule has 3 rings (SSSR count). The lowest BCUT2D eigenvalue weighted by Gasteiger charge is -2.26. The highest BCUT2D eigenvalue weighted by atomic mass is 16.2. The van der Waals surface area contributed by atoms with E-state index in [0.717, 1.165) is 57.3 Å². The smallest absolute Gasteiger partial charge is 0.225 e. The number of carbonyl (C=O) groups excluding carboxylic acids is 1. The molecule has 1 amide bonds. The lowest BCUT2D eigenvalue weighted by molar-refractivity contribution is -0.135. The van der Waals surface area contributed by atoms with Gasteiger partial charge in [0, 0.05) is 19.0 Å². The maximum Gasteiger partial charge on any atom is 0.225 e. The van der Waals surface area contributed by atoms with Crippen LogP contribution in [0.5, 0.6) is 0 Å². The van der Waals surface area contributed by atoms with Crippen molar-refractivity contribution in [2.75, 3.05) is 26.2 Å². The van der Waals surface area contributed by atoms with Crippen molar-refractivity contribution in [2.24, 2.45) is 17.8 Å². The molecule has 1 saturated heterocycles. The van der Waals surface area contributed by atoms with E-state index in [1.807, 2.05) is 4.90 Å². The Morgan fingerprint density at radius 2 is 1.94 bits per heavy atom. The predicted molar refractivity (Wildman–Crippen MR) is 62.9 cm³/mol. The maximum absolute atomic E-state index is 12.3. The SMILES string of the molecule is O=C(C1CC2CNCC2C1)N1CC=CCC1. The summed E-state index contributed by atoms with van der Waals surface area (Å²) in [5, 5.41) is 3.43. The minimum Gasteiger partial charge on any atom is -0.338 e. The van der Waals surface area contributed by atoms with Gasteiger partial charge in [0.15, 0.2) is 0 Å². The molecular weight excluding hydrogens is 200 g/mol. The molecule has 0 bridgehead atoms. The van der Waals surface area contributed by atoms with Crippen LogP contribution < -0.4 is 5.32 Å². The van der Waals surface area contributed by atoms with Gasteiger partial charge in [0.05, 0.1) is 0 Å². The standard InChI is InChI=1S/C13H20N2O/c16-13(15-4-2-1-3-5-15)10-6-11-8-14-9-12(11)7-10/h1-2,10-12,14H,3-9H2. The van der Waals surface area contributed by atoms with Crippen molar-refractivity contribution < 1.29 is 4.79 Å². The number of hydrogen-bond donors (Lipinski definition) is 1. The highest BCUT2D eigenvalue weighted by Gasteiger charge is 2.41. The molecule has 0 aromatic carbocycles. The zero-order valence-electron chi connectivity index (χ0n) is 9.69. The summed E-state index contributed by atoms with van der Waals surface area (Å²) in [5.74, 6) is 2.28. The molecule has 88 valence electrons. The number of hydrogen-bond acceptors (Lipinski definition) is 2. The fourth-order valence-electron chi connectivity index (χ4n) is 3.47. The van der Waals surface area contributed by atoms with Crippen molar-refractivity contribution >= 4 is 5.91 Å². The first-order valence-corrected chi connectivity index (χ1v) is 6.49. The summed E-state index contributed by atoms with van der Waals surface area (Å²) in [6.07, 6.45) is 7.58. The monoisotopic (exact) mass is 220 g/mol. The fourth-order valence-corrected chi connectivity index (χ4v) is 3.47. The number of rotatable bonds is 1. The average molecular weight is 220 g/mol. The number of nitrogens with zero attached hydrogens (tertiary/aromatic N) is 1. The van der Waals surface area contributed by atoms with E-state index in [2.05, 4.69) is 17.5 Å². The van der Waals surface area contributed by atoms with Gasteiger partial charge in [0.25, 0.3) is 0 Å². The van der Waals surface area contributed by atoms with Gasteiger partial charge in [-0.3, -0.25) is 4.79 Å². The number of fused-ring (bicyclic) bond motifs is 1. The molecule has 3 aliphatic rings. The van der Waals surface area contributed by atoms with Crippen molar-refractivity contribution in [1.29, 1.82) is 0 Å². The molecule has 2 fully saturated rings. The molecule has 2 aliphatic heterocycles. The minimum atomic E-state index is 0.323. The summed E-state index contributed by atoms with van der Waals surface area (Å²) in [4.78, 5) is 14.3. The Balaban J connectivity index is 1.61. The highest BCUT2D eigenvalue weighted by molar-refractivity contribution is 5.79.